The number of amides is 1. The lowest BCUT2D eigenvalue weighted by molar-refractivity contribution is -0.895. The topological polar surface area (TPSA) is 137 Å². The van der Waals surface area contributed by atoms with Gasteiger partial charge in [-0.1, -0.05) is 11.8 Å². The van der Waals surface area contributed by atoms with Crippen LogP contribution < -0.4 is 14.7 Å². The number of nitrogens with one attached hydrogen (secondary N) is 1. The summed E-state index contributed by atoms with van der Waals surface area (Å²) in [5, 5.41) is 34.4. The van der Waals surface area contributed by atoms with E-state index in [2.05, 4.69) is 0 Å². The van der Waals surface area contributed by atoms with Crippen LogP contribution >= 0.6 is 0 Å². The zero-order valence-corrected chi connectivity index (χ0v) is 19.2. The van der Waals surface area contributed by atoms with Crippen LogP contribution in [0.5, 0.6) is 11.5 Å². The van der Waals surface area contributed by atoms with E-state index in [0.717, 1.165) is 13.1 Å². The molecule has 2 aromatic carbocycles. The molecular formula is C24H27N3O7. The number of ether oxygens (including phenoxy) is 1. The van der Waals surface area contributed by atoms with Crippen molar-refractivity contribution >= 4 is 23.1 Å². The van der Waals surface area contributed by atoms with Crippen molar-refractivity contribution in [2.75, 3.05) is 33.3 Å². The molecule has 2 aromatic rings. The molecule has 0 aromatic heterocycles. The molecule has 1 saturated heterocycles. The quantitative estimate of drug-likeness (QED) is 0.179. The average molecular weight is 469 g/mol. The Balaban J connectivity index is 2.13. The standard InChI is InChI=1S/C24H27N3O7/c1-4-25(5-2)12-13-26-21(16-8-11-18(28)19(14-16)34-3)20(23(30)24(26)31)22(29)15-6-9-17(10-7-15)27(32)33/h6-11,14,21,28-29H,4-5,12-13H2,1-3H3. The number of nitro groups is 1. The van der Waals surface area contributed by atoms with Gasteiger partial charge in [0.2, 0.25) is 5.78 Å². The molecule has 180 valence electrons. The number of methoxy groups -OCH3 is 1. The number of Topliss-reactive ketones (excluding diaryl/α,β-unsaturated/α-hetero) is 1. The molecule has 1 aliphatic rings. The normalized spacial score (nSPS) is 17.4. The molecule has 0 radical (unpaired) electrons. The Morgan fingerprint density at radius 2 is 1.79 bits per heavy atom. The second-order valence-corrected chi connectivity index (χ2v) is 7.92. The molecule has 0 aliphatic carbocycles. The Hall–Kier alpha value is -3.92. The van der Waals surface area contributed by atoms with E-state index < -0.39 is 28.4 Å². The van der Waals surface area contributed by atoms with Gasteiger partial charge in [-0.05, 0) is 49.2 Å². The molecule has 10 heteroatoms. The molecule has 1 fully saturated rings. The minimum atomic E-state index is -0.979. The summed E-state index contributed by atoms with van der Waals surface area (Å²) in [6.45, 7) is 6.54. The summed E-state index contributed by atoms with van der Waals surface area (Å²) in [7, 11) is 1.37. The number of nitrogens with zero attached hydrogens (tertiary/aromatic N) is 2. The van der Waals surface area contributed by atoms with Gasteiger partial charge >= 0.3 is 0 Å². The number of hydrogen-bond acceptors (Lipinski definition) is 7. The molecule has 34 heavy (non-hydrogen) atoms. The lowest BCUT2D eigenvalue weighted by atomic mass is 9.95. The first-order valence-corrected chi connectivity index (χ1v) is 10.9. The molecule has 2 N–H and O–H groups in total. The van der Waals surface area contributed by atoms with E-state index in [1.54, 1.807) is 0 Å². The third kappa shape index (κ3) is 4.72. The van der Waals surface area contributed by atoms with Crippen LogP contribution in [-0.2, 0) is 9.59 Å². The van der Waals surface area contributed by atoms with Crippen molar-refractivity contribution in [1.82, 2.24) is 4.90 Å². The number of nitro benzene ring substituents is 1. The number of ketones is 1. The third-order valence-electron chi connectivity index (χ3n) is 6.10. The van der Waals surface area contributed by atoms with Gasteiger partial charge in [-0.3, -0.25) is 19.7 Å². The van der Waals surface area contributed by atoms with E-state index in [1.807, 2.05) is 13.8 Å². The van der Waals surface area contributed by atoms with Gasteiger partial charge in [0.05, 0.1) is 44.3 Å². The third-order valence-corrected chi connectivity index (χ3v) is 6.10. The van der Waals surface area contributed by atoms with Gasteiger partial charge in [0.1, 0.15) is 0 Å². The summed E-state index contributed by atoms with van der Waals surface area (Å²) in [5.74, 6) is -2.35. The highest BCUT2D eigenvalue weighted by Crippen LogP contribution is 2.41. The SMILES string of the molecule is CC[NH+](CC)CCN1C(=O)C(=O)C(=C([O-])c2ccc([N+](=O)[O-])cc2)C1c1ccc(O)c(OC)c1. The molecule has 0 bridgehead atoms. The maximum atomic E-state index is 13.4. The number of hydrogen-bond donors (Lipinski definition) is 2. The number of rotatable bonds is 9. The Labute approximate surface area is 196 Å². The summed E-state index contributed by atoms with van der Waals surface area (Å²) in [4.78, 5) is 39.0. The maximum absolute atomic E-state index is 13.4. The fraction of sp³-hybridized carbons (Fsp3) is 0.333. The van der Waals surface area contributed by atoms with Crippen LogP contribution in [0.2, 0.25) is 0 Å². The monoisotopic (exact) mass is 469 g/mol. The summed E-state index contributed by atoms with van der Waals surface area (Å²) >= 11 is 0. The number of phenols is 1. The number of aromatic hydroxyl groups is 1. The van der Waals surface area contributed by atoms with Crippen molar-refractivity contribution in [2.45, 2.75) is 19.9 Å². The Bertz CT molecular complexity index is 1120. The fourth-order valence-corrected chi connectivity index (χ4v) is 4.08. The minimum Gasteiger partial charge on any atom is -0.872 e. The van der Waals surface area contributed by atoms with Gasteiger partial charge < -0.3 is 24.7 Å². The first-order chi connectivity index (χ1) is 16.2. The maximum Gasteiger partial charge on any atom is 0.295 e. The minimum absolute atomic E-state index is 0.0636. The van der Waals surface area contributed by atoms with Crippen molar-refractivity contribution in [3.63, 3.8) is 0 Å². The van der Waals surface area contributed by atoms with Crippen LogP contribution in [0, 0.1) is 10.1 Å². The highest BCUT2D eigenvalue weighted by atomic mass is 16.6. The van der Waals surface area contributed by atoms with Crippen LogP contribution in [0.25, 0.3) is 5.76 Å². The Morgan fingerprint density at radius 1 is 1.15 bits per heavy atom. The van der Waals surface area contributed by atoms with Crippen LogP contribution in [0.3, 0.4) is 0 Å². The predicted molar refractivity (Wildman–Crippen MR) is 121 cm³/mol. The van der Waals surface area contributed by atoms with Crippen molar-refractivity contribution in [3.8, 4) is 11.5 Å². The molecule has 3 rings (SSSR count). The second kappa shape index (κ2) is 10.3. The average Bonchev–Trinajstić information content (AvgIpc) is 3.09. The smallest absolute Gasteiger partial charge is 0.295 e. The van der Waals surface area contributed by atoms with Crippen LogP contribution in [-0.4, -0.2) is 59.9 Å². The van der Waals surface area contributed by atoms with Gasteiger partial charge in [0, 0.05) is 17.7 Å². The number of likely N-dealkylation sites (tertiary alicyclic amines) is 1. The summed E-state index contributed by atoms with van der Waals surface area (Å²) < 4.78 is 5.18. The number of carbonyl (C=O) groups is 2. The molecule has 1 unspecified atom stereocenters. The van der Waals surface area contributed by atoms with Crippen LogP contribution in [0.15, 0.2) is 48.0 Å². The van der Waals surface area contributed by atoms with Gasteiger partial charge in [0.15, 0.2) is 11.5 Å². The van der Waals surface area contributed by atoms with Gasteiger partial charge in [0.25, 0.3) is 11.6 Å². The molecular weight excluding hydrogens is 442 g/mol. The van der Waals surface area contributed by atoms with Crippen LogP contribution in [0.4, 0.5) is 5.69 Å². The number of phenolic OH excluding ortho intramolecular Hbond substituents is 1. The van der Waals surface area contributed by atoms with Crippen molar-refractivity contribution in [1.29, 1.82) is 0 Å². The Kier molecular flexibility index (Phi) is 7.52. The molecule has 0 saturated carbocycles. The number of carbonyl (C=O) groups excluding carboxylic acids is 2. The molecule has 0 spiro atoms. The van der Waals surface area contributed by atoms with E-state index in [9.17, 15) is 29.9 Å². The van der Waals surface area contributed by atoms with E-state index in [-0.39, 0.29) is 34.9 Å². The van der Waals surface area contributed by atoms with Gasteiger partial charge in [-0.25, -0.2) is 0 Å². The predicted octanol–water partition coefficient (Wildman–Crippen LogP) is 0.458. The second-order valence-electron chi connectivity index (χ2n) is 7.92. The first kappa shape index (κ1) is 24.7. The summed E-state index contributed by atoms with van der Waals surface area (Å²) in [6.07, 6.45) is 0. The first-order valence-electron chi connectivity index (χ1n) is 10.9. The van der Waals surface area contributed by atoms with Crippen LogP contribution in [0.1, 0.15) is 31.0 Å². The lowest BCUT2D eigenvalue weighted by Gasteiger charge is -2.28. The summed E-state index contributed by atoms with van der Waals surface area (Å²) in [5.41, 5.74) is 0.0718. The van der Waals surface area contributed by atoms with E-state index in [4.69, 9.17) is 4.74 Å². The van der Waals surface area contributed by atoms with Gasteiger partial charge in [-0.15, -0.1) is 0 Å². The molecule has 1 amide bonds. The van der Waals surface area contributed by atoms with Crippen molar-refractivity contribution < 1.29 is 34.4 Å². The molecule has 1 aliphatic heterocycles. The highest BCUT2D eigenvalue weighted by Gasteiger charge is 2.44. The number of likely N-dealkylation sites (N-methyl/N-ethyl adjacent to an activating group) is 1. The van der Waals surface area contributed by atoms with E-state index in [0.29, 0.717) is 12.1 Å². The molecule has 10 nitrogen and oxygen atoms in total. The van der Waals surface area contributed by atoms with Gasteiger partial charge in [-0.2, -0.15) is 0 Å². The molecule has 1 heterocycles. The van der Waals surface area contributed by atoms with E-state index >= 15 is 0 Å². The Morgan fingerprint density at radius 3 is 2.35 bits per heavy atom. The highest BCUT2D eigenvalue weighted by molar-refractivity contribution is 6.46. The zero-order chi connectivity index (χ0) is 25.0. The number of quaternary nitrogens is 1. The molecule has 1 atom stereocenters. The lowest BCUT2D eigenvalue weighted by Crippen LogP contribution is -3.12. The van der Waals surface area contributed by atoms with Crippen molar-refractivity contribution in [3.05, 3.63) is 69.3 Å². The number of non-ortho nitro benzene ring substituents is 1. The van der Waals surface area contributed by atoms with Crippen molar-refractivity contribution in [2.24, 2.45) is 0 Å². The summed E-state index contributed by atoms with van der Waals surface area (Å²) in [6, 6.07) is 8.31. The number of benzene rings is 2. The zero-order valence-electron chi connectivity index (χ0n) is 19.2. The largest absolute Gasteiger partial charge is 0.872 e. The van der Waals surface area contributed by atoms with E-state index in [1.165, 1.54) is 59.4 Å². The fourth-order valence-electron chi connectivity index (χ4n) is 4.08.